The fourth-order valence-corrected chi connectivity index (χ4v) is 4.74. The van der Waals surface area contributed by atoms with Crippen LogP contribution in [0.3, 0.4) is 0 Å². The Morgan fingerprint density at radius 2 is 1.86 bits per heavy atom. The van der Waals surface area contributed by atoms with Crippen molar-refractivity contribution in [1.82, 2.24) is 9.21 Å². The Hall–Kier alpha value is -1.40. The first-order chi connectivity index (χ1) is 10.4. The molecule has 1 aromatic rings. The number of amides is 1. The van der Waals surface area contributed by atoms with Gasteiger partial charge in [0.15, 0.2) is 0 Å². The number of rotatable bonds is 5. The van der Waals surface area contributed by atoms with E-state index >= 15 is 0 Å². The number of carbonyl (C=O) groups is 1. The van der Waals surface area contributed by atoms with Crippen LogP contribution in [0.2, 0.25) is 0 Å². The van der Waals surface area contributed by atoms with E-state index in [1.54, 1.807) is 36.6 Å². The lowest BCUT2D eigenvalue weighted by Gasteiger charge is -2.27. The molecule has 1 aliphatic carbocycles. The van der Waals surface area contributed by atoms with E-state index in [4.69, 9.17) is 0 Å². The molecule has 0 heterocycles. The van der Waals surface area contributed by atoms with Crippen molar-refractivity contribution in [3.63, 3.8) is 0 Å². The highest BCUT2D eigenvalue weighted by molar-refractivity contribution is 7.89. The summed E-state index contributed by atoms with van der Waals surface area (Å²) in [6, 6.07) is 6.41. The molecule has 0 saturated heterocycles. The molecule has 1 fully saturated rings. The van der Waals surface area contributed by atoms with E-state index in [9.17, 15) is 13.2 Å². The second kappa shape index (κ2) is 6.79. The lowest BCUT2D eigenvalue weighted by atomic mass is 10.2. The van der Waals surface area contributed by atoms with E-state index in [1.165, 1.54) is 11.0 Å². The Morgan fingerprint density at radius 3 is 2.41 bits per heavy atom. The largest absolute Gasteiger partial charge is 0.345 e. The fraction of sp³-hybridized carbons (Fsp3) is 0.562. The minimum absolute atomic E-state index is 0.0863. The Balaban J connectivity index is 2.36. The minimum Gasteiger partial charge on any atom is -0.345 e. The van der Waals surface area contributed by atoms with Crippen LogP contribution in [0.15, 0.2) is 29.2 Å². The molecule has 6 heteroatoms. The molecule has 0 aromatic heterocycles. The van der Waals surface area contributed by atoms with Crippen LogP contribution in [0.1, 0.15) is 43.0 Å². The second-order valence-electron chi connectivity index (χ2n) is 5.87. The molecule has 122 valence electrons. The molecule has 0 atom stereocenters. The summed E-state index contributed by atoms with van der Waals surface area (Å²) in [6.45, 7) is 2.32. The van der Waals surface area contributed by atoms with Crippen LogP contribution in [0.5, 0.6) is 0 Å². The summed E-state index contributed by atoms with van der Waals surface area (Å²) in [4.78, 5) is 13.7. The molecule has 0 N–H and O–H groups in total. The van der Waals surface area contributed by atoms with Crippen LogP contribution < -0.4 is 0 Å². The number of hydrogen-bond acceptors (Lipinski definition) is 3. The van der Waals surface area contributed by atoms with Crippen molar-refractivity contribution in [3.8, 4) is 0 Å². The number of sulfonamides is 1. The van der Waals surface area contributed by atoms with Gasteiger partial charge in [-0.2, -0.15) is 4.31 Å². The molecule has 22 heavy (non-hydrogen) atoms. The molecule has 5 nitrogen and oxygen atoms in total. The van der Waals surface area contributed by atoms with Crippen molar-refractivity contribution < 1.29 is 13.2 Å². The number of carbonyl (C=O) groups excluding carboxylic acids is 1. The first-order valence-electron chi connectivity index (χ1n) is 7.71. The molecule has 0 radical (unpaired) electrons. The highest BCUT2D eigenvalue weighted by Gasteiger charge is 2.32. The van der Waals surface area contributed by atoms with Gasteiger partial charge in [-0.05, 0) is 31.0 Å². The summed E-state index contributed by atoms with van der Waals surface area (Å²) in [7, 11) is -0.247. The first-order valence-corrected chi connectivity index (χ1v) is 9.15. The average Bonchev–Trinajstić information content (AvgIpc) is 3.01. The summed E-state index contributed by atoms with van der Waals surface area (Å²) < 4.78 is 27.4. The maximum Gasteiger partial charge on any atom is 0.253 e. The van der Waals surface area contributed by atoms with Crippen molar-refractivity contribution in [2.75, 3.05) is 20.6 Å². The molecule has 1 saturated carbocycles. The predicted molar refractivity (Wildman–Crippen MR) is 86.3 cm³/mol. The van der Waals surface area contributed by atoms with Crippen molar-refractivity contribution >= 4 is 15.9 Å². The van der Waals surface area contributed by atoms with E-state index in [-0.39, 0.29) is 16.8 Å². The Kier molecular flexibility index (Phi) is 5.24. The number of nitrogens with zero attached hydrogens (tertiary/aromatic N) is 2. The Morgan fingerprint density at radius 1 is 1.23 bits per heavy atom. The fourth-order valence-electron chi connectivity index (χ4n) is 3.00. The van der Waals surface area contributed by atoms with Crippen LogP contribution in [-0.2, 0) is 10.0 Å². The van der Waals surface area contributed by atoms with Gasteiger partial charge in [0.1, 0.15) is 0 Å². The van der Waals surface area contributed by atoms with Gasteiger partial charge in [-0.1, -0.05) is 25.8 Å². The molecular weight excluding hydrogens is 300 g/mol. The van der Waals surface area contributed by atoms with Crippen molar-refractivity contribution in [1.29, 1.82) is 0 Å². The third kappa shape index (κ3) is 3.33. The lowest BCUT2D eigenvalue weighted by molar-refractivity contribution is 0.0827. The summed E-state index contributed by atoms with van der Waals surface area (Å²) in [5.41, 5.74) is 0.397. The van der Waals surface area contributed by atoms with Gasteiger partial charge in [0.2, 0.25) is 10.0 Å². The Labute approximate surface area is 133 Å². The van der Waals surface area contributed by atoms with Gasteiger partial charge >= 0.3 is 0 Å². The summed E-state index contributed by atoms with van der Waals surface area (Å²) in [5, 5.41) is 0. The van der Waals surface area contributed by atoms with Crippen molar-refractivity contribution in [3.05, 3.63) is 29.8 Å². The molecule has 0 spiro atoms. The molecular formula is C16H24N2O3S. The summed E-state index contributed by atoms with van der Waals surface area (Å²) in [6.07, 6.45) is 4.00. The summed E-state index contributed by atoms with van der Waals surface area (Å²) >= 11 is 0. The van der Waals surface area contributed by atoms with Gasteiger partial charge in [0, 0.05) is 32.2 Å². The van der Waals surface area contributed by atoms with Crippen LogP contribution in [0, 0.1) is 0 Å². The third-order valence-corrected chi connectivity index (χ3v) is 6.16. The zero-order valence-corrected chi connectivity index (χ0v) is 14.3. The second-order valence-corrected chi connectivity index (χ2v) is 7.76. The van der Waals surface area contributed by atoms with E-state index in [0.29, 0.717) is 12.1 Å². The van der Waals surface area contributed by atoms with Crippen LogP contribution in [0.25, 0.3) is 0 Å². The smallest absolute Gasteiger partial charge is 0.253 e. The molecule has 0 aliphatic heterocycles. The van der Waals surface area contributed by atoms with E-state index < -0.39 is 10.0 Å². The van der Waals surface area contributed by atoms with Gasteiger partial charge in [0.05, 0.1) is 4.90 Å². The molecule has 1 amide bonds. The first kappa shape index (κ1) is 17.0. The van der Waals surface area contributed by atoms with E-state index in [2.05, 4.69) is 0 Å². The van der Waals surface area contributed by atoms with Gasteiger partial charge in [-0.15, -0.1) is 0 Å². The monoisotopic (exact) mass is 324 g/mol. The zero-order chi connectivity index (χ0) is 16.3. The maximum atomic E-state index is 12.9. The molecule has 2 rings (SSSR count). The topological polar surface area (TPSA) is 57.7 Å². The number of hydrogen-bond donors (Lipinski definition) is 0. The maximum absolute atomic E-state index is 12.9. The quantitative estimate of drug-likeness (QED) is 0.835. The third-order valence-electron chi connectivity index (χ3n) is 4.14. The van der Waals surface area contributed by atoms with Gasteiger partial charge in [-0.25, -0.2) is 8.42 Å². The molecule has 1 aromatic carbocycles. The SMILES string of the molecule is CCN(C1CCCC1)S(=O)(=O)c1cccc(C(=O)N(C)C)c1. The van der Waals surface area contributed by atoms with Crippen molar-refractivity contribution in [2.45, 2.75) is 43.5 Å². The molecule has 0 bridgehead atoms. The minimum atomic E-state index is -3.55. The summed E-state index contributed by atoms with van der Waals surface area (Å²) in [5.74, 6) is -0.194. The van der Waals surface area contributed by atoms with Crippen LogP contribution >= 0.6 is 0 Å². The normalized spacial score (nSPS) is 16.2. The van der Waals surface area contributed by atoms with Crippen molar-refractivity contribution in [2.24, 2.45) is 0 Å². The highest BCUT2D eigenvalue weighted by atomic mass is 32.2. The van der Waals surface area contributed by atoms with Gasteiger partial charge in [-0.3, -0.25) is 4.79 Å². The van der Waals surface area contributed by atoms with Crippen LogP contribution in [-0.4, -0.2) is 50.2 Å². The number of benzene rings is 1. The molecule has 1 aliphatic rings. The van der Waals surface area contributed by atoms with Gasteiger partial charge < -0.3 is 4.90 Å². The highest BCUT2D eigenvalue weighted by Crippen LogP contribution is 2.28. The predicted octanol–water partition coefficient (Wildman–Crippen LogP) is 2.34. The van der Waals surface area contributed by atoms with E-state index in [1.807, 2.05) is 6.92 Å². The lowest BCUT2D eigenvalue weighted by Crippen LogP contribution is -2.38. The standard InChI is InChI=1S/C16H24N2O3S/c1-4-18(14-9-5-6-10-14)22(20,21)15-11-7-8-13(12-15)16(19)17(2)3/h7-8,11-12,14H,4-6,9-10H2,1-3H3. The molecule has 0 unspecified atom stereocenters. The average molecular weight is 324 g/mol. The van der Waals surface area contributed by atoms with E-state index in [0.717, 1.165) is 25.7 Å². The zero-order valence-electron chi connectivity index (χ0n) is 13.4. The Bertz CT molecular complexity index is 635. The van der Waals surface area contributed by atoms with Gasteiger partial charge in [0.25, 0.3) is 5.91 Å². The van der Waals surface area contributed by atoms with Crippen LogP contribution in [0.4, 0.5) is 0 Å².